The zero-order valence-electron chi connectivity index (χ0n) is 13.0. The Balaban J connectivity index is 1.52. The molecule has 3 rings (SSSR count). The molecule has 0 unspecified atom stereocenters. The monoisotopic (exact) mass is 343 g/mol. The molecule has 7 nitrogen and oxygen atoms in total. The molecule has 1 saturated heterocycles. The van der Waals surface area contributed by atoms with Crippen molar-refractivity contribution in [1.29, 1.82) is 0 Å². The first-order valence-electron chi connectivity index (χ1n) is 7.96. The fourth-order valence-corrected chi connectivity index (χ4v) is 3.82. The molecule has 0 saturated carbocycles. The van der Waals surface area contributed by atoms with Crippen LogP contribution in [0.3, 0.4) is 0 Å². The van der Waals surface area contributed by atoms with Crippen LogP contribution in [0.5, 0.6) is 11.5 Å². The average molecular weight is 343 g/mol. The first kappa shape index (κ1) is 16.5. The van der Waals surface area contributed by atoms with Crippen molar-refractivity contribution in [3.63, 3.8) is 0 Å². The Morgan fingerprint density at radius 1 is 1.04 bits per heavy atom. The number of ether oxygens (including phenoxy) is 3. The van der Waals surface area contributed by atoms with Gasteiger partial charge in [0.25, 0.3) is 0 Å². The van der Waals surface area contributed by atoms with Gasteiger partial charge in [-0.25, -0.2) is 13.1 Å². The molecule has 0 amide bonds. The molecule has 0 bridgehead atoms. The van der Waals surface area contributed by atoms with E-state index in [2.05, 4.69) is 4.72 Å². The van der Waals surface area contributed by atoms with E-state index in [0.717, 1.165) is 39.3 Å². The van der Waals surface area contributed by atoms with Crippen LogP contribution in [0.4, 0.5) is 0 Å². The lowest BCUT2D eigenvalue weighted by atomic mass is 10.3. The third-order valence-corrected chi connectivity index (χ3v) is 5.48. The first-order chi connectivity index (χ1) is 11.1. The van der Waals surface area contributed by atoms with Gasteiger partial charge in [0.15, 0.2) is 11.5 Å². The summed E-state index contributed by atoms with van der Waals surface area (Å²) >= 11 is 0. The number of nitrogens with one attached hydrogen (secondary N) is 2. The second-order valence-electron chi connectivity index (χ2n) is 5.67. The molecule has 23 heavy (non-hydrogen) atoms. The van der Waals surface area contributed by atoms with Crippen LogP contribution in [-0.2, 0) is 14.8 Å². The summed E-state index contributed by atoms with van der Waals surface area (Å²) in [5.41, 5.74) is 0. The summed E-state index contributed by atoms with van der Waals surface area (Å²) < 4.78 is 43.5. The number of morpholine rings is 1. The van der Waals surface area contributed by atoms with Crippen molar-refractivity contribution in [3.8, 4) is 11.5 Å². The zero-order chi connectivity index (χ0) is 16.1. The van der Waals surface area contributed by atoms with Crippen LogP contribution in [0.1, 0.15) is 6.42 Å². The number of hydrogen-bond donors (Lipinski definition) is 2. The average Bonchev–Trinajstić information content (AvgIpc) is 2.59. The highest BCUT2D eigenvalue weighted by Crippen LogP contribution is 2.32. The minimum absolute atomic E-state index is 0.209. The Morgan fingerprint density at radius 2 is 1.78 bits per heavy atom. The van der Waals surface area contributed by atoms with Gasteiger partial charge in [-0.1, -0.05) is 0 Å². The van der Waals surface area contributed by atoms with Gasteiger partial charge in [-0.05, 0) is 12.1 Å². The molecule has 2 heterocycles. The fraction of sp³-hybridized carbons (Fsp3) is 0.600. The molecule has 128 valence electrons. The number of rotatable bonds is 6. The minimum atomic E-state index is -3.52. The SMILES string of the molecule is O=S(=O)(NCCC[NH+]1CCOCC1)c1ccc2c(c1)OCCO2. The number of quaternary nitrogens is 1. The van der Waals surface area contributed by atoms with E-state index < -0.39 is 10.0 Å². The van der Waals surface area contributed by atoms with E-state index in [1.165, 1.54) is 11.0 Å². The molecule has 2 N–H and O–H groups in total. The topological polar surface area (TPSA) is 78.3 Å². The highest BCUT2D eigenvalue weighted by Gasteiger charge is 2.19. The smallest absolute Gasteiger partial charge is 0.240 e. The molecule has 1 aromatic rings. The van der Waals surface area contributed by atoms with E-state index in [0.29, 0.717) is 31.3 Å². The molecule has 1 aromatic carbocycles. The van der Waals surface area contributed by atoms with E-state index in [4.69, 9.17) is 14.2 Å². The maximum atomic E-state index is 12.3. The molecule has 0 aliphatic carbocycles. The lowest BCUT2D eigenvalue weighted by molar-refractivity contribution is -0.908. The van der Waals surface area contributed by atoms with Gasteiger partial charge in [0.2, 0.25) is 10.0 Å². The van der Waals surface area contributed by atoms with E-state index in [9.17, 15) is 8.42 Å². The Bertz CT molecular complexity index is 629. The van der Waals surface area contributed by atoms with Crippen molar-refractivity contribution in [1.82, 2.24) is 4.72 Å². The van der Waals surface area contributed by atoms with Crippen molar-refractivity contribution in [2.24, 2.45) is 0 Å². The lowest BCUT2D eigenvalue weighted by Crippen LogP contribution is -3.14. The molecular formula is C15H23N2O5S+. The van der Waals surface area contributed by atoms with Crippen molar-refractivity contribution in [3.05, 3.63) is 18.2 Å². The molecule has 0 radical (unpaired) electrons. The van der Waals surface area contributed by atoms with E-state index in [-0.39, 0.29) is 4.90 Å². The molecule has 8 heteroatoms. The second kappa shape index (κ2) is 7.48. The largest absolute Gasteiger partial charge is 0.486 e. The zero-order valence-corrected chi connectivity index (χ0v) is 13.9. The summed E-state index contributed by atoms with van der Waals surface area (Å²) in [7, 11) is -3.52. The molecular weight excluding hydrogens is 320 g/mol. The van der Waals surface area contributed by atoms with Crippen LogP contribution < -0.4 is 19.1 Å². The standard InChI is InChI=1S/C15H22N2O5S/c18-23(19,16-4-1-5-17-6-8-20-9-7-17)13-2-3-14-15(12-13)22-11-10-21-14/h2-3,12,16H,1,4-11H2/p+1. The van der Waals surface area contributed by atoms with Gasteiger partial charge in [0, 0.05) is 19.0 Å². The Labute approximate surface area is 136 Å². The van der Waals surface area contributed by atoms with Crippen LogP contribution >= 0.6 is 0 Å². The number of sulfonamides is 1. The maximum absolute atomic E-state index is 12.3. The minimum Gasteiger partial charge on any atom is -0.486 e. The molecule has 0 spiro atoms. The van der Waals surface area contributed by atoms with Crippen molar-refractivity contribution in [2.45, 2.75) is 11.3 Å². The molecule has 1 fully saturated rings. The van der Waals surface area contributed by atoms with Gasteiger partial charge in [0.05, 0.1) is 24.7 Å². The van der Waals surface area contributed by atoms with Gasteiger partial charge in [0.1, 0.15) is 26.3 Å². The highest BCUT2D eigenvalue weighted by molar-refractivity contribution is 7.89. The van der Waals surface area contributed by atoms with Crippen LogP contribution in [0.2, 0.25) is 0 Å². The molecule has 0 aromatic heterocycles. The Hall–Kier alpha value is -1.35. The third kappa shape index (κ3) is 4.35. The Morgan fingerprint density at radius 3 is 2.57 bits per heavy atom. The molecule has 2 aliphatic heterocycles. The predicted molar refractivity (Wildman–Crippen MR) is 83.6 cm³/mol. The summed E-state index contributed by atoms with van der Waals surface area (Å²) in [4.78, 5) is 1.68. The van der Waals surface area contributed by atoms with Crippen LogP contribution in [-0.4, -0.2) is 61.0 Å². The van der Waals surface area contributed by atoms with Crippen LogP contribution in [0, 0.1) is 0 Å². The Kier molecular flexibility index (Phi) is 5.37. The molecule has 0 atom stereocenters. The predicted octanol–water partition coefficient (Wildman–Crippen LogP) is -0.959. The number of benzene rings is 1. The normalized spacial score (nSPS) is 18.8. The molecule has 2 aliphatic rings. The van der Waals surface area contributed by atoms with Crippen LogP contribution in [0.15, 0.2) is 23.1 Å². The quantitative estimate of drug-likeness (QED) is 0.651. The highest BCUT2D eigenvalue weighted by atomic mass is 32.2. The third-order valence-electron chi connectivity index (χ3n) is 4.02. The maximum Gasteiger partial charge on any atom is 0.240 e. The van der Waals surface area contributed by atoms with Crippen molar-refractivity contribution in [2.75, 3.05) is 52.6 Å². The summed E-state index contributed by atoms with van der Waals surface area (Å²) in [6.07, 6.45) is 0.805. The number of fused-ring (bicyclic) bond motifs is 1. The van der Waals surface area contributed by atoms with Gasteiger partial charge in [-0.2, -0.15) is 0 Å². The summed E-state index contributed by atoms with van der Waals surface area (Å²) in [5.74, 6) is 1.07. The van der Waals surface area contributed by atoms with Crippen molar-refractivity contribution < 1.29 is 27.5 Å². The van der Waals surface area contributed by atoms with Gasteiger partial charge in [-0.3, -0.25) is 0 Å². The first-order valence-corrected chi connectivity index (χ1v) is 9.44. The van der Waals surface area contributed by atoms with E-state index in [1.54, 1.807) is 12.1 Å². The fourth-order valence-electron chi connectivity index (χ4n) is 2.73. The van der Waals surface area contributed by atoms with Crippen molar-refractivity contribution >= 4 is 10.0 Å². The van der Waals surface area contributed by atoms with Crippen LogP contribution in [0.25, 0.3) is 0 Å². The summed E-state index contributed by atoms with van der Waals surface area (Å²) in [6.45, 7) is 5.88. The van der Waals surface area contributed by atoms with Gasteiger partial charge in [-0.15, -0.1) is 0 Å². The van der Waals surface area contributed by atoms with Gasteiger partial charge < -0.3 is 19.1 Å². The lowest BCUT2D eigenvalue weighted by Gasteiger charge is -2.23. The van der Waals surface area contributed by atoms with Gasteiger partial charge >= 0.3 is 0 Å². The van der Waals surface area contributed by atoms with E-state index in [1.807, 2.05) is 0 Å². The second-order valence-corrected chi connectivity index (χ2v) is 7.44. The summed E-state index contributed by atoms with van der Waals surface area (Å²) in [6, 6.07) is 4.70. The summed E-state index contributed by atoms with van der Waals surface area (Å²) in [5, 5.41) is 0. The number of hydrogen-bond acceptors (Lipinski definition) is 5. The van der Waals surface area contributed by atoms with E-state index >= 15 is 0 Å².